The zero-order valence-electron chi connectivity index (χ0n) is 18.8. The molecule has 0 saturated carbocycles. The topological polar surface area (TPSA) is 107 Å². The molecule has 34 heavy (non-hydrogen) atoms. The summed E-state index contributed by atoms with van der Waals surface area (Å²) in [7, 11) is 1.58. The van der Waals surface area contributed by atoms with Crippen molar-refractivity contribution in [2.24, 2.45) is 5.92 Å². The molecule has 1 aliphatic heterocycles. The number of amides is 3. The van der Waals surface area contributed by atoms with Crippen molar-refractivity contribution in [2.45, 2.75) is 25.9 Å². The van der Waals surface area contributed by atoms with Gasteiger partial charge in [0.25, 0.3) is 0 Å². The van der Waals surface area contributed by atoms with E-state index in [2.05, 4.69) is 21.7 Å². The number of fused-ring (bicyclic) bond motifs is 1. The predicted molar refractivity (Wildman–Crippen MR) is 129 cm³/mol. The predicted octanol–water partition coefficient (Wildman–Crippen LogP) is 3.74. The van der Waals surface area contributed by atoms with Crippen molar-refractivity contribution in [1.29, 1.82) is 5.26 Å². The minimum Gasteiger partial charge on any atom is -0.497 e. The number of methoxy groups -OCH3 is 1. The van der Waals surface area contributed by atoms with Crippen LogP contribution in [0.15, 0.2) is 54.9 Å². The van der Waals surface area contributed by atoms with E-state index in [-0.39, 0.29) is 11.9 Å². The average Bonchev–Trinajstić information content (AvgIpc) is 3.27. The third-order valence-corrected chi connectivity index (χ3v) is 6.73. The maximum atomic E-state index is 12.8. The van der Waals surface area contributed by atoms with E-state index >= 15 is 0 Å². The molecular weight excluding hydrogens is 450 g/mol. The van der Waals surface area contributed by atoms with Crippen LogP contribution in [0.3, 0.4) is 0 Å². The van der Waals surface area contributed by atoms with Crippen molar-refractivity contribution in [3.8, 4) is 11.8 Å². The molecule has 1 aliphatic rings. The zero-order chi connectivity index (χ0) is 23.9. The van der Waals surface area contributed by atoms with E-state index in [1.807, 2.05) is 42.5 Å². The van der Waals surface area contributed by atoms with Gasteiger partial charge >= 0.3 is 6.03 Å². The number of hydrogen-bond acceptors (Lipinski definition) is 6. The summed E-state index contributed by atoms with van der Waals surface area (Å²) >= 11 is 1.45. The number of nitrogens with one attached hydrogen (secondary N) is 2. The van der Waals surface area contributed by atoms with E-state index in [9.17, 15) is 14.9 Å². The zero-order valence-corrected chi connectivity index (χ0v) is 19.6. The second-order valence-corrected chi connectivity index (χ2v) is 9.11. The number of rotatable bonds is 7. The number of aromatic nitrogens is 1. The molecule has 4 rings (SSSR count). The lowest BCUT2D eigenvalue weighted by atomic mass is 9.99. The van der Waals surface area contributed by atoms with Gasteiger partial charge in [-0.15, -0.1) is 11.3 Å². The van der Waals surface area contributed by atoms with Crippen LogP contribution in [0.1, 0.15) is 21.6 Å². The highest BCUT2D eigenvalue weighted by molar-refractivity contribution is 7.16. The van der Waals surface area contributed by atoms with Gasteiger partial charge in [-0.2, -0.15) is 5.26 Å². The second-order valence-electron chi connectivity index (χ2n) is 7.97. The van der Waals surface area contributed by atoms with Crippen LogP contribution in [0.25, 0.3) is 0 Å². The van der Waals surface area contributed by atoms with E-state index in [1.54, 1.807) is 24.4 Å². The Morgan fingerprint density at radius 3 is 2.82 bits per heavy atom. The molecule has 174 valence electrons. The van der Waals surface area contributed by atoms with Gasteiger partial charge in [-0.3, -0.25) is 9.78 Å². The summed E-state index contributed by atoms with van der Waals surface area (Å²) in [5.41, 5.74) is 2.97. The van der Waals surface area contributed by atoms with Gasteiger partial charge in [0.2, 0.25) is 5.91 Å². The summed E-state index contributed by atoms with van der Waals surface area (Å²) in [6, 6.07) is 15.0. The number of nitriles is 1. The number of carbonyl (C=O) groups excluding carboxylic acids is 2. The van der Waals surface area contributed by atoms with Gasteiger partial charge in [-0.05, 0) is 59.9 Å². The Kier molecular flexibility index (Phi) is 7.40. The molecule has 3 amide bonds. The standard InChI is InChI=1S/C25H25N5O3S/c1-33-21-4-2-3-18(12-21)11-20(14-26)24(31)29-23-13-19-7-10-30(16-22(19)34-23)25(32)28-15-17-5-8-27-9-6-17/h2-6,8-9,12-13,20H,7,10-11,15-16H2,1H3,(H,28,32)(H,29,31). The first-order chi connectivity index (χ1) is 16.6. The molecule has 3 heterocycles. The first kappa shape index (κ1) is 23.3. The van der Waals surface area contributed by atoms with E-state index in [1.165, 1.54) is 11.3 Å². The summed E-state index contributed by atoms with van der Waals surface area (Å²) in [5, 5.41) is 16.1. The fourth-order valence-electron chi connectivity index (χ4n) is 3.79. The molecule has 1 unspecified atom stereocenters. The van der Waals surface area contributed by atoms with Crippen LogP contribution in [0, 0.1) is 17.2 Å². The maximum absolute atomic E-state index is 12.8. The monoisotopic (exact) mass is 475 g/mol. The number of thiophene rings is 1. The number of benzene rings is 1. The Morgan fingerprint density at radius 2 is 2.06 bits per heavy atom. The van der Waals surface area contributed by atoms with Crippen LogP contribution < -0.4 is 15.4 Å². The lowest BCUT2D eigenvalue weighted by molar-refractivity contribution is -0.118. The number of hydrogen-bond donors (Lipinski definition) is 2. The lowest BCUT2D eigenvalue weighted by Gasteiger charge is -2.27. The van der Waals surface area contributed by atoms with Crippen molar-refractivity contribution in [3.05, 3.63) is 76.4 Å². The largest absolute Gasteiger partial charge is 0.497 e. The molecule has 8 nitrogen and oxygen atoms in total. The highest BCUT2D eigenvalue weighted by Crippen LogP contribution is 2.32. The van der Waals surface area contributed by atoms with Gasteiger partial charge in [-0.25, -0.2) is 4.79 Å². The quantitative estimate of drug-likeness (QED) is 0.541. The minimum atomic E-state index is -0.818. The van der Waals surface area contributed by atoms with Gasteiger partial charge in [0.1, 0.15) is 11.7 Å². The van der Waals surface area contributed by atoms with Crippen LogP contribution in [0.2, 0.25) is 0 Å². The Hall–Kier alpha value is -3.90. The van der Waals surface area contributed by atoms with Crippen LogP contribution in [0.4, 0.5) is 9.80 Å². The Balaban J connectivity index is 1.34. The number of ether oxygens (including phenoxy) is 1. The first-order valence-electron chi connectivity index (χ1n) is 10.9. The Labute approximate surface area is 202 Å². The number of urea groups is 1. The van der Waals surface area contributed by atoms with E-state index in [0.717, 1.165) is 28.0 Å². The highest BCUT2D eigenvalue weighted by atomic mass is 32.1. The number of anilines is 1. The molecule has 0 radical (unpaired) electrons. The second kappa shape index (κ2) is 10.8. The molecule has 0 bridgehead atoms. The molecule has 9 heteroatoms. The van der Waals surface area contributed by atoms with Crippen LogP contribution in [-0.4, -0.2) is 35.5 Å². The summed E-state index contributed by atoms with van der Waals surface area (Å²) in [6.45, 7) is 1.54. The van der Waals surface area contributed by atoms with Crippen molar-refractivity contribution in [2.75, 3.05) is 19.0 Å². The van der Waals surface area contributed by atoms with E-state index < -0.39 is 5.92 Å². The molecule has 2 N–H and O–H groups in total. The third kappa shape index (κ3) is 5.71. The Bertz CT molecular complexity index is 1200. The smallest absolute Gasteiger partial charge is 0.318 e. The molecule has 2 aromatic heterocycles. The normalized spacial score (nSPS) is 13.4. The summed E-state index contributed by atoms with van der Waals surface area (Å²) in [6.07, 6.45) is 4.42. The summed E-state index contributed by atoms with van der Waals surface area (Å²) in [5.74, 6) is -0.465. The molecular formula is C25H25N5O3S. The fourth-order valence-corrected chi connectivity index (χ4v) is 4.92. The van der Waals surface area contributed by atoms with E-state index in [0.29, 0.717) is 36.8 Å². The number of carbonyl (C=O) groups is 2. The molecule has 1 atom stereocenters. The Morgan fingerprint density at radius 1 is 1.24 bits per heavy atom. The third-order valence-electron chi connectivity index (χ3n) is 5.66. The molecule has 0 fully saturated rings. The van der Waals surface area contributed by atoms with Crippen molar-refractivity contribution < 1.29 is 14.3 Å². The van der Waals surface area contributed by atoms with Crippen LogP contribution >= 0.6 is 11.3 Å². The molecule has 1 aromatic carbocycles. The van der Waals surface area contributed by atoms with Gasteiger partial charge < -0.3 is 20.3 Å². The number of nitrogens with zero attached hydrogens (tertiary/aromatic N) is 3. The number of pyridine rings is 1. The van der Waals surface area contributed by atoms with Crippen molar-refractivity contribution in [3.63, 3.8) is 0 Å². The summed E-state index contributed by atoms with van der Waals surface area (Å²) in [4.78, 5) is 32.2. The van der Waals surface area contributed by atoms with Crippen LogP contribution in [-0.2, 0) is 30.7 Å². The lowest BCUT2D eigenvalue weighted by Crippen LogP contribution is -2.42. The molecule has 3 aromatic rings. The first-order valence-corrected chi connectivity index (χ1v) is 11.7. The highest BCUT2D eigenvalue weighted by Gasteiger charge is 2.25. The van der Waals surface area contributed by atoms with Gasteiger partial charge in [0.15, 0.2) is 0 Å². The minimum absolute atomic E-state index is 0.121. The summed E-state index contributed by atoms with van der Waals surface area (Å²) < 4.78 is 5.22. The fraction of sp³-hybridized carbons (Fsp3) is 0.280. The SMILES string of the molecule is COc1cccc(CC(C#N)C(=O)Nc2cc3c(s2)CN(C(=O)NCc2ccncc2)CC3)c1. The van der Waals surface area contributed by atoms with Crippen molar-refractivity contribution >= 4 is 28.3 Å². The average molecular weight is 476 g/mol. The molecule has 0 aliphatic carbocycles. The van der Waals surface area contributed by atoms with Gasteiger partial charge in [0.05, 0.1) is 24.7 Å². The van der Waals surface area contributed by atoms with Gasteiger partial charge in [0, 0.05) is 30.4 Å². The molecule has 0 spiro atoms. The van der Waals surface area contributed by atoms with Crippen molar-refractivity contribution in [1.82, 2.24) is 15.2 Å². The van der Waals surface area contributed by atoms with Crippen LogP contribution in [0.5, 0.6) is 5.75 Å². The molecule has 0 saturated heterocycles. The van der Waals surface area contributed by atoms with Gasteiger partial charge in [-0.1, -0.05) is 12.1 Å². The maximum Gasteiger partial charge on any atom is 0.318 e. The van der Waals surface area contributed by atoms with E-state index in [4.69, 9.17) is 4.74 Å².